The first-order valence-electron chi connectivity index (χ1n) is 4.17. The molecule has 1 N–H and O–H groups in total. The van der Waals surface area contributed by atoms with E-state index < -0.39 is 11.8 Å². The number of rotatable bonds is 2. The summed E-state index contributed by atoms with van der Waals surface area (Å²) in [6.07, 6.45) is 0. The summed E-state index contributed by atoms with van der Waals surface area (Å²) in [5.41, 5.74) is 0. The minimum atomic E-state index is -0.528. The molecule has 1 aromatic rings. The standard InChI is InChI=1S/C10H6ClNO2S/c11-7-8(10(14)12-9(7)13)15-6-4-2-1-3-5-6/h1-5H,(H,12,13,14). The van der Waals surface area contributed by atoms with Gasteiger partial charge in [-0.25, -0.2) is 0 Å². The predicted octanol–water partition coefficient (Wildman–Crippen LogP) is 1.89. The van der Waals surface area contributed by atoms with Gasteiger partial charge in [-0.05, 0) is 12.1 Å². The van der Waals surface area contributed by atoms with Gasteiger partial charge in [0.1, 0.15) is 9.94 Å². The van der Waals surface area contributed by atoms with E-state index in [4.69, 9.17) is 11.6 Å². The lowest BCUT2D eigenvalue weighted by Crippen LogP contribution is -2.22. The number of carbonyl (C=O) groups is 2. The number of halogens is 1. The Morgan fingerprint density at radius 3 is 2.27 bits per heavy atom. The molecule has 0 aliphatic carbocycles. The largest absolute Gasteiger partial charge is 0.287 e. The summed E-state index contributed by atoms with van der Waals surface area (Å²) >= 11 is 6.89. The number of thioether (sulfide) groups is 1. The highest BCUT2D eigenvalue weighted by Crippen LogP contribution is 2.32. The fraction of sp³-hybridized carbons (Fsp3) is 0. The van der Waals surface area contributed by atoms with Crippen molar-refractivity contribution in [3.05, 3.63) is 40.3 Å². The molecule has 5 heteroatoms. The first kappa shape index (κ1) is 10.3. The van der Waals surface area contributed by atoms with Crippen LogP contribution in [0.15, 0.2) is 45.2 Å². The summed E-state index contributed by atoms with van der Waals surface area (Å²) < 4.78 is 0. The van der Waals surface area contributed by atoms with Crippen molar-refractivity contribution in [1.82, 2.24) is 5.32 Å². The zero-order chi connectivity index (χ0) is 10.8. The molecule has 15 heavy (non-hydrogen) atoms. The van der Waals surface area contributed by atoms with Crippen molar-refractivity contribution in [2.45, 2.75) is 4.90 Å². The summed E-state index contributed by atoms with van der Waals surface area (Å²) in [4.78, 5) is 23.5. The molecule has 0 unspecified atom stereocenters. The minimum Gasteiger partial charge on any atom is -0.287 e. The van der Waals surface area contributed by atoms with Gasteiger partial charge < -0.3 is 0 Å². The van der Waals surface area contributed by atoms with Crippen molar-refractivity contribution in [1.29, 1.82) is 0 Å². The Kier molecular flexibility index (Phi) is 2.79. The molecule has 1 aliphatic heterocycles. The monoisotopic (exact) mass is 239 g/mol. The molecule has 76 valence electrons. The lowest BCUT2D eigenvalue weighted by Gasteiger charge is -1.99. The fourth-order valence-corrected chi connectivity index (χ4v) is 2.22. The van der Waals surface area contributed by atoms with Gasteiger partial charge in [0.05, 0.1) is 0 Å². The highest BCUT2D eigenvalue weighted by molar-refractivity contribution is 8.04. The third-order valence-corrected chi connectivity index (χ3v) is 3.37. The van der Waals surface area contributed by atoms with Crippen molar-refractivity contribution < 1.29 is 9.59 Å². The number of nitrogens with one attached hydrogen (secondary N) is 1. The number of carbonyl (C=O) groups excluding carboxylic acids is 2. The van der Waals surface area contributed by atoms with Gasteiger partial charge >= 0.3 is 0 Å². The minimum absolute atomic E-state index is 0.0335. The van der Waals surface area contributed by atoms with Gasteiger partial charge in [0.25, 0.3) is 11.8 Å². The van der Waals surface area contributed by atoms with E-state index in [1.54, 1.807) is 0 Å². The third kappa shape index (κ3) is 2.06. The van der Waals surface area contributed by atoms with Crippen LogP contribution in [0.4, 0.5) is 0 Å². The van der Waals surface area contributed by atoms with Crippen LogP contribution in [0.1, 0.15) is 0 Å². The quantitative estimate of drug-likeness (QED) is 0.802. The smallest absolute Gasteiger partial charge is 0.271 e. The summed E-state index contributed by atoms with van der Waals surface area (Å²) in [6, 6.07) is 9.27. The molecule has 0 atom stereocenters. The first-order valence-corrected chi connectivity index (χ1v) is 5.36. The average Bonchev–Trinajstić information content (AvgIpc) is 2.47. The molecule has 2 rings (SSSR count). The predicted molar refractivity (Wildman–Crippen MR) is 58.3 cm³/mol. The van der Waals surface area contributed by atoms with E-state index >= 15 is 0 Å². The van der Waals surface area contributed by atoms with Gasteiger partial charge in [-0.3, -0.25) is 14.9 Å². The maximum absolute atomic E-state index is 11.3. The molecule has 0 saturated carbocycles. The van der Waals surface area contributed by atoms with Crippen LogP contribution >= 0.6 is 23.4 Å². The van der Waals surface area contributed by atoms with Gasteiger partial charge in [-0.1, -0.05) is 41.6 Å². The molecule has 1 aromatic carbocycles. The zero-order valence-electron chi connectivity index (χ0n) is 7.49. The molecule has 0 bridgehead atoms. The van der Waals surface area contributed by atoms with Gasteiger partial charge in [0, 0.05) is 4.90 Å². The van der Waals surface area contributed by atoms with Crippen molar-refractivity contribution in [3.63, 3.8) is 0 Å². The first-order chi connectivity index (χ1) is 7.18. The van der Waals surface area contributed by atoms with Crippen LogP contribution in [-0.2, 0) is 9.59 Å². The molecule has 0 saturated heterocycles. The Balaban J connectivity index is 2.27. The molecule has 1 heterocycles. The lowest BCUT2D eigenvalue weighted by molar-refractivity contribution is -0.123. The molecule has 3 nitrogen and oxygen atoms in total. The number of imide groups is 1. The topological polar surface area (TPSA) is 46.2 Å². The van der Waals surface area contributed by atoms with E-state index in [-0.39, 0.29) is 9.94 Å². The van der Waals surface area contributed by atoms with Crippen molar-refractivity contribution >= 4 is 35.2 Å². The van der Waals surface area contributed by atoms with Gasteiger partial charge in [0.2, 0.25) is 0 Å². The van der Waals surface area contributed by atoms with Crippen LogP contribution in [-0.4, -0.2) is 11.8 Å². The molecule has 0 radical (unpaired) electrons. The average molecular weight is 240 g/mol. The maximum Gasteiger partial charge on any atom is 0.271 e. The highest BCUT2D eigenvalue weighted by Gasteiger charge is 2.29. The number of hydrogen-bond acceptors (Lipinski definition) is 3. The third-order valence-electron chi connectivity index (χ3n) is 1.80. The maximum atomic E-state index is 11.3. The highest BCUT2D eigenvalue weighted by atomic mass is 35.5. The summed E-state index contributed by atoms with van der Waals surface area (Å²) in [5.74, 6) is -0.959. The molecule has 2 amide bonds. The van der Waals surface area contributed by atoms with E-state index in [0.717, 1.165) is 4.90 Å². The Labute approximate surface area is 95.5 Å². The SMILES string of the molecule is O=C1NC(=O)C(Sc2ccccc2)=C1Cl. The Bertz CT molecular complexity index is 456. The van der Waals surface area contributed by atoms with Gasteiger partial charge in [-0.15, -0.1) is 0 Å². The Morgan fingerprint density at radius 1 is 1.07 bits per heavy atom. The van der Waals surface area contributed by atoms with Crippen molar-refractivity contribution in [2.75, 3.05) is 0 Å². The Morgan fingerprint density at radius 2 is 1.73 bits per heavy atom. The molecular formula is C10H6ClNO2S. The fourth-order valence-electron chi connectivity index (χ4n) is 1.12. The molecule has 0 fully saturated rings. The van der Waals surface area contributed by atoms with E-state index in [0.29, 0.717) is 0 Å². The van der Waals surface area contributed by atoms with Gasteiger partial charge in [0.15, 0.2) is 0 Å². The number of hydrogen-bond donors (Lipinski definition) is 1. The summed E-state index contributed by atoms with van der Waals surface area (Å²) in [7, 11) is 0. The van der Waals surface area contributed by atoms with E-state index in [1.165, 1.54) is 11.8 Å². The second-order valence-electron chi connectivity index (χ2n) is 2.84. The van der Waals surface area contributed by atoms with Crippen molar-refractivity contribution in [3.8, 4) is 0 Å². The summed E-state index contributed by atoms with van der Waals surface area (Å²) in [6.45, 7) is 0. The van der Waals surface area contributed by atoms with Crippen LogP contribution < -0.4 is 5.32 Å². The van der Waals surface area contributed by atoms with E-state index in [9.17, 15) is 9.59 Å². The summed E-state index contributed by atoms with van der Waals surface area (Å²) in [5, 5.41) is 2.10. The second-order valence-corrected chi connectivity index (χ2v) is 4.30. The lowest BCUT2D eigenvalue weighted by atomic mass is 10.4. The molecule has 0 aromatic heterocycles. The van der Waals surface area contributed by atoms with E-state index in [1.807, 2.05) is 30.3 Å². The van der Waals surface area contributed by atoms with E-state index in [2.05, 4.69) is 5.32 Å². The molecular weight excluding hydrogens is 234 g/mol. The number of benzene rings is 1. The normalized spacial score (nSPS) is 15.8. The van der Waals surface area contributed by atoms with Crippen LogP contribution in [0.25, 0.3) is 0 Å². The van der Waals surface area contributed by atoms with Crippen LogP contribution in [0.5, 0.6) is 0 Å². The zero-order valence-corrected chi connectivity index (χ0v) is 9.06. The molecule has 0 spiro atoms. The van der Waals surface area contributed by atoms with Crippen LogP contribution in [0.3, 0.4) is 0 Å². The number of amides is 2. The molecule has 1 aliphatic rings. The van der Waals surface area contributed by atoms with Crippen LogP contribution in [0.2, 0.25) is 0 Å². The Hall–Kier alpha value is -1.26. The van der Waals surface area contributed by atoms with Gasteiger partial charge in [-0.2, -0.15) is 0 Å². The second kappa shape index (κ2) is 4.08. The van der Waals surface area contributed by atoms with Crippen LogP contribution in [0, 0.1) is 0 Å². The van der Waals surface area contributed by atoms with Crippen molar-refractivity contribution in [2.24, 2.45) is 0 Å².